The molecule has 0 spiro atoms. The number of carbonyl (C=O) groups excluding carboxylic acids is 1. The van der Waals surface area contributed by atoms with Gasteiger partial charge in [0.25, 0.3) is 0 Å². The predicted molar refractivity (Wildman–Crippen MR) is 62.8 cm³/mol. The fourth-order valence-electron chi connectivity index (χ4n) is 2.45. The average molecular weight is 266 g/mol. The molecule has 0 aromatic carbocycles. The largest absolute Gasteiger partial charge is 0.389 e. The summed E-state index contributed by atoms with van der Waals surface area (Å²) in [4.78, 5) is 11.3. The van der Waals surface area contributed by atoms with Crippen molar-refractivity contribution in [3.05, 3.63) is 0 Å². The summed E-state index contributed by atoms with van der Waals surface area (Å²) in [7, 11) is 0. The fraction of sp³-hybridized carbons (Fsp3) is 0.917. The van der Waals surface area contributed by atoms with Gasteiger partial charge in [-0.3, -0.25) is 4.79 Å². The summed E-state index contributed by atoms with van der Waals surface area (Å²) in [5.41, 5.74) is 5.65. The maximum absolute atomic E-state index is 11.9. The Kier molecular flexibility index (Phi) is 5.91. The van der Waals surface area contributed by atoms with Crippen LogP contribution < -0.4 is 11.1 Å². The van der Waals surface area contributed by atoms with Gasteiger partial charge in [0.2, 0.25) is 5.91 Å². The van der Waals surface area contributed by atoms with Crippen molar-refractivity contribution in [2.75, 3.05) is 13.1 Å². The zero-order valence-electron chi connectivity index (χ0n) is 10.4. The zero-order chi connectivity index (χ0) is 13.6. The van der Waals surface area contributed by atoms with Crippen LogP contribution in [-0.4, -0.2) is 25.2 Å². The van der Waals surface area contributed by atoms with Crippen LogP contribution in [-0.2, 0) is 4.79 Å². The van der Waals surface area contributed by atoms with E-state index in [0.29, 0.717) is 24.9 Å². The van der Waals surface area contributed by atoms with Crippen LogP contribution in [0.15, 0.2) is 0 Å². The SMILES string of the molecule is NCC1CCCCC1CNC(=O)CCC(F)(F)F. The highest BCUT2D eigenvalue weighted by molar-refractivity contribution is 5.75. The first-order valence-electron chi connectivity index (χ1n) is 6.46. The van der Waals surface area contributed by atoms with Gasteiger partial charge in [-0.05, 0) is 31.2 Å². The Balaban J connectivity index is 2.24. The van der Waals surface area contributed by atoms with Crippen LogP contribution in [0.25, 0.3) is 0 Å². The molecule has 0 saturated heterocycles. The van der Waals surface area contributed by atoms with E-state index in [0.717, 1.165) is 25.7 Å². The Bertz CT molecular complexity index is 269. The Hall–Kier alpha value is -0.780. The molecule has 106 valence electrons. The van der Waals surface area contributed by atoms with Crippen LogP contribution >= 0.6 is 0 Å². The van der Waals surface area contributed by atoms with Gasteiger partial charge < -0.3 is 11.1 Å². The van der Waals surface area contributed by atoms with Gasteiger partial charge in [0.15, 0.2) is 0 Å². The van der Waals surface area contributed by atoms with Gasteiger partial charge in [0.1, 0.15) is 0 Å². The van der Waals surface area contributed by atoms with Crippen molar-refractivity contribution in [2.45, 2.75) is 44.7 Å². The van der Waals surface area contributed by atoms with E-state index in [9.17, 15) is 18.0 Å². The fourth-order valence-corrected chi connectivity index (χ4v) is 2.45. The molecule has 1 rings (SSSR count). The third-order valence-corrected chi connectivity index (χ3v) is 3.57. The molecule has 3 nitrogen and oxygen atoms in total. The van der Waals surface area contributed by atoms with Crippen molar-refractivity contribution in [1.29, 1.82) is 0 Å². The Morgan fingerprint density at radius 3 is 2.39 bits per heavy atom. The maximum Gasteiger partial charge on any atom is 0.389 e. The lowest BCUT2D eigenvalue weighted by Crippen LogP contribution is -2.37. The molecule has 0 bridgehead atoms. The van der Waals surface area contributed by atoms with Gasteiger partial charge in [0.05, 0.1) is 6.42 Å². The second-order valence-electron chi connectivity index (χ2n) is 4.96. The van der Waals surface area contributed by atoms with Crippen LogP contribution in [0.4, 0.5) is 13.2 Å². The minimum Gasteiger partial charge on any atom is -0.356 e. The molecule has 0 aromatic heterocycles. The second kappa shape index (κ2) is 6.97. The molecule has 1 fully saturated rings. The first-order chi connectivity index (χ1) is 8.42. The smallest absolute Gasteiger partial charge is 0.356 e. The van der Waals surface area contributed by atoms with Crippen LogP contribution in [0.5, 0.6) is 0 Å². The summed E-state index contributed by atoms with van der Waals surface area (Å²) >= 11 is 0. The third kappa shape index (κ3) is 5.71. The molecular weight excluding hydrogens is 245 g/mol. The summed E-state index contributed by atoms with van der Waals surface area (Å²) in [6, 6.07) is 0. The van der Waals surface area contributed by atoms with E-state index >= 15 is 0 Å². The number of alkyl halides is 3. The van der Waals surface area contributed by atoms with Crippen LogP contribution in [0, 0.1) is 11.8 Å². The van der Waals surface area contributed by atoms with E-state index in [4.69, 9.17) is 5.73 Å². The molecule has 2 unspecified atom stereocenters. The second-order valence-corrected chi connectivity index (χ2v) is 4.96. The molecule has 1 amide bonds. The first kappa shape index (κ1) is 15.3. The zero-order valence-corrected chi connectivity index (χ0v) is 10.4. The number of nitrogens with one attached hydrogen (secondary N) is 1. The highest BCUT2D eigenvalue weighted by Gasteiger charge is 2.28. The minimum atomic E-state index is -4.26. The molecule has 1 aliphatic rings. The first-order valence-corrected chi connectivity index (χ1v) is 6.46. The van der Waals surface area contributed by atoms with Crippen LogP contribution in [0.3, 0.4) is 0 Å². The van der Waals surface area contributed by atoms with Crippen molar-refractivity contribution in [1.82, 2.24) is 5.32 Å². The van der Waals surface area contributed by atoms with E-state index in [2.05, 4.69) is 5.32 Å². The number of hydrogen-bond donors (Lipinski definition) is 2. The van der Waals surface area contributed by atoms with E-state index < -0.39 is 24.9 Å². The average Bonchev–Trinajstić information content (AvgIpc) is 2.33. The summed E-state index contributed by atoms with van der Waals surface area (Å²) in [5.74, 6) is 0.189. The van der Waals surface area contributed by atoms with Gasteiger partial charge in [0, 0.05) is 13.0 Å². The monoisotopic (exact) mass is 266 g/mol. The molecule has 0 heterocycles. The lowest BCUT2D eigenvalue weighted by Gasteiger charge is -2.30. The number of hydrogen-bond acceptors (Lipinski definition) is 2. The van der Waals surface area contributed by atoms with Crippen molar-refractivity contribution in [2.24, 2.45) is 17.6 Å². The van der Waals surface area contributed by atoms with Crippen molar-refractivity contribution < 1.29 is 18.0 Å². The molecule has 6 heteroatoms. The number of carbonyl (C=O) groups is 1. The number of amides is 1. The van der Waals surface area contributed by atoms with Crippen LogP contribution in [0.1, 0.15) is 38.5 Å². The number of halogens is 3. The van der Waals surface area contributed by atoms with Gasteiger partial charge >= 0.3 is 6.18 Å². The van der Waals surface area contributed by atoms with Crippen molar-refractivity contribution in [3.63, 3.8) is 0 Å². The molecule has 2 atom stereocenters. The van der Waals surface area contributed by atoms with E-state index in [1.807, 2.05) is 0 Å². The van der Waals surface area contributed by atoms with E-state index in [-0.39, 0.29) is 0 Å². The third-order valence-electron chi connectivity index (χ3n) is 3.57. The maximum atomic E-state index is 11.9. The number of rotatable bonds is 5. The highest BCUT2D eigenvalue weighted by atomic mass is 19.4. The lowest BCUT2D eigenvalue weighted by atomic mass is 9.79. The normalized spacial score (nSPS) is 24.9. The minimum absolute atomic E-state index is 0.318. The molecule has 0 aromatic rings. The molecule has 18 heavy (non-hydrogen) atoms. The van der Waals surface area contributed by atoms with Gasteiger partial charge in [-0.1, -0.05) is 12.8 Å². The van der Waals surface area contributed by atoms with E-state index in [1.165, 1.54) is 0 Å². The highest BCUT2D eigenvalue weighted by Crippen LogP contribution is 2.28. The standard InChI is InChI=1S/C12H21F3N2O/c13-12(14,15)6-5-11(18)17-8-10-4-2-1-3-9(10)7-16/h9-10H,1-8,16H2,(H,17,18). The van der Waals surface area contributed by atoms with Gasteiger partial charge in [-0.15, -0.1) is 0 Å². The number of nitrogens with two attached hydrogens (primary N) is 1. The quantitative estimate of drug-likeness (QED) is 0.801. The summed E-state index contributed by atoms with van der Waals surface area (Å²) in [5, 5.41) is 2.59. The molecule has 1 aliphatic carbocycles. The van der Waals surface area contributed by atoms with Gasteiger partial charge in [-0.2, -0.15) is 13.2 Å². The summed E-state index contributed by atoms with van der Waals surface area (Å²) in [6.45, 7) is 1.04. The Labute approximate surface area is 105 Å². The summed E-state index contributed by atoms with van der Waals surface area (Å²) < 4.78 is 35.8. The Morgan fingerprint density at radius 2 is 1.83 bits per heavy atom. The van der Waals surface area contributed by atoms with Crippen LogP contribution in [0.2, 0.25) is 0 Å². The Morgan fingerprint density at radius 1 is 1.22 bits per heavy atom. The van der Waals surface area contributed by atoms with Crippen molar-refractivity contribution >= 4 is 5.91 Å². The molecule has 0 radical (unpaired) electrons. The molecule has 1 saturated carbocycles. The topological polar surface area (TPSA) is 55.1 Å². The van der Waals surface area contributed by atoms with Gasteiger partial charge in [-0.25, -0.2) is 0 Å². The molecule has 3 N–H and O–H groups in total. The molecule has 0 aliphatic heterocycles. The lowest BCUT2D eigenvalue weighted by molar-refractivity contribution is -0.144. The molecular formula is C12H21F3N2O. The van der Waals surface area contributed by atoms with Crippen molar-refractivity contribution in [3.8, 4) is 0 Å². The summed E-state index contributed by atoms with van der Waals surface area (Å²) in [6.07, 6.45) is -1.48. The van der Waals surface area contributed by atoms with E-state index in [1.54, 1.807) is 0 Å². The predicted octanol–water partition coefficient (Wildman–Crippen LogP) is 2.21.